The van der Waals surface area contributed by atoms with Gasteiger partial charge in [0, 0.05) is 23.5 Å². The van der Waals surface area contributed by atoms with Crippen LogP contribution in [-0.2, 0) is 4.74 Å². The van der Waals surface area contributed by atoms with E-state index in [1.807, 2.05) is 25.1 Å². The maximum absolute atomic E-state index is 17.2. The number of aliphatic hydroxyl groups is 2. The van der Waals surface area contributed by atoms with Gasteiger partial charge in [-0.05, 0) is 98.3 Å². The molecule has 37 heavy (non-hydrogen) atoms. The largest absolute Gasteiger partial charge is 0.388 e. The van der Waals surface area contributed by atoms with Gasteiger partial charge in [0.1, 0.15) is 16.9 Å². The summed E-state index contributed by atoms with van der Waals surface area (Å²) in [7, 11) is 3.82. The molecule has 2 N–H and O–H groups in total. The van der Waals surface area contributed by atoms with Gasteiger partial charge in [0.15, 0.2) is 5.67 Å². The van der Waals surface area contributed by atoms with Gasteiger partial charge < -0.3 is 19.8 Å². The summed E-state index contributed by atoms with van der Waals surface area (Å²) in [4.78, 5) is 6.21. The molecule has 1 aromatic heterocycles. The summed E-state index contributed by atoms with van der Waals surface area (Å²) in [5.74, 6) is -0.0206. The smallest absolute Gasteiger partial charge is 0.158 e. The Bertz CT molecular complexity index is 1380. The van der Waals surface area contributed by atoms with Crippen LogP contribution in [0.3, 0.4) is 0 Å². The van der Waals surface area contributed by atoms with Crippen molar-refractivity contribution in [2.24, 2.45) is 11.3 Å². The summed E-state index contributed by atoms with van der Waals surface area (Å²) in [6, 6.07) is 8.06. The first-order valence-corrected chi connectivity index (χ1v) is 13.8. The average molecular weight is 525 g/mol. The number of hydrogen-bond acceptors (Lipinski definition) is 5. The van der Waals surface area contributed by atoms with Gasteiger partial charge >= 0.3 is 0 Å². The van der Waals surface area contributed by atoms with Gasteiger partial charge in [-0.3, -0.25) is 0 Å². The fraction of sp³-hybridized carbons (Fsp3) is 0.567. The van der Waals surface area contributed by atoms with Crippen molar-refractivity contribution < 1.29 is 19.3 Å². The number of rotatable bonds is 2. The van der Waals surface area contributed by atoms with Crippen LogP contribution in [0.2, 0.25) is 5.15 Å². The Morgan fingerprint density at radius 1 is 1.14 bits per heavy atom. The number of ether oxygens (including phenoxy) is 1. The molecule has 7 heteroatoms. The zero-order chi connectivity index (χ0) is 26.0. The van der Waals surface area contributed by atoms with Crippen molar-refractivity contribution in [3.8, 4) is 0 Å². The van der Waals surface area contributed by atoms with E-state index >= 15 is 4.39 Å². The van der Waals surface area contributed by atoms with Crippen molar-refractivity contribution in [2.45, 2.75) is 80.6 Å². The van der Waals surface area contributed by atoms with Gasteiger partial charge in [-0.15, -0.1) is 0 Å². The molecule has 5 nitrogen and oxygen atoms in total. The van der Waals surface area contributed by atoms with Crippen LogP contribution >= 0.6 is 11.6 Å². The molecular formula is C30H34ClFN2O3. The van der Waals surface area contributed by atoms with E-state index in [0.29, 0.717) is 42.8 Å². The van der Waals surface area contributed by atoms with Crippen molar-refractivity contribution in [3.05, 3.63) is 58.9 Å². The standard InChI is InChI=1S/C30H34ClFN2O3/c1-27-9-11-29(32)15-21-24(35)25(36)22(34(2)3)16-28(21)10-12-30(29,37-28)23(27)7-6-20(27)18-5-4-17-8-13-33-26(31)19(17)14-18/h4-6,8,13-15,22-25,35-36H,7,9-12,16H2,1-3H3. The van der Waals surface area contributed by atoms with Crippen molar-refractivity contribution in [2.75, 3.05) is 14.1 Å². The van der Waals surface area contributed by atoms with Crippen molar-refractivity contribution in [1.82, 2.24) is 9.88 Å². The van der Waals surface area contributed by atoms with E-state index in [4.69, 9.17) is 16.3 Å². The zero-order valence-corrected chi connectivity index (χ0v) is 22.3. The predicted octanol–water partition coefficient (Wildman–Crippen LogP) is 5.08. The lowest BCUT2D eigenvalue weighted by Gasteiger charge is -2.60. The number of alkyl halides is 1. The highest BCUT2D eigenvalue weighted by Gasteiger charge is 2.74. The minimum atomic E-state index is -1.67. The highest BCUT2D eigenvalue weighted by molar-refractivity contribution is 6.34. The molecule has 5 aliphatic rings. The number of aliphatic hydroxyl groups excluding tert-OH is 2. The Labute approximate surface area is 222 Å². The predicted molar refractivity (Wildman–Crippen MR) is 142 cm³/mol. The summed E-state index contributed by atoms with van der Waals surface area (Å²) in [6.07, 6.45) is 7.19. The summed E-state index contributed by atoms with van der Waals surface area (Å²) < 4.78 is 24.2. The second-order valence-corrected chi connectivity index (χ2v) is 12.8. The zero-order valence-electron chi connectivity index (χ0n) is 21.5. The topological polar surface area (TPSA) is 65.8 Å². The maximum atomic E-state index is 17.2. The fourth-order valence-electron chi connectivity index (χ4n) is 8.73. The lowest BCUT2D eigenvalue weighted by Crippen LogP contribution is -2.68. The second-order valence-electron chi connectivity index (χ2n) is 12.5. The minimum absolute atomic E-state index is 0.0206. The first-order chi connectivity index (χ1) is 17.5. The molecule has 3 heterocycles. The van der Waals surface area contributed by atoms with E-state index in [1.165, 1.54) is 5.57 Å². The van der Waals surface area contributed by atoms with E-state index < -0.39 is 29.1 Å². The van der Waals surface area contributed by atoms with Crippen LogP contribution in [0.5, 0.6) is 0 Å². The molecule has 2 aliphatic heterocycles. The van der Waals surface area contributed by atoms with E-state index in [1.54, 1.807) is 12.3 Å². The molecule has 196 valence electrons. The Hall–Kier alpha value is -1.83. The molecule has 8 unspecified atom stereocenters. The number of aromatic nitrogens is 1. The monoisotopic (exact) mass is 524 g/mol. The number of nitrogens with zero attached hydrogens (tertiary/aromatic N) is 2. The summed E-state index contributed by atoms with van der Waals surface area (Å²) in [5.41, 5.74) is -0.691. The number of likely N-dealkylation sites (N-methyl/N-ethyl adjacent to an activating group) is 1. The SMILES string of the molecule is CN(C)C1CC23CCC4(O2)C2CC=C(c5ccc6ccnc(Cl)c6c5)C2(C)CCC4(F)C=C3C(O)C1O. The van der Waals surface area contributed by atoms with Crippen LogP contribution in [0, 0.1) is 11.3 Å². The lowest BCUT2D eigenvalue weighted by molar-refractivity contribution is -0.239. The van der Waals surface area contributed by atoms with Gasteiger partial charge in [0.05, 0.1) is 11.7 Å². The molecule has 2 aromatic rings. The first-order valence-electron chi connectivity index (χ1n) is 13.4. The first kappa shape index (κ1) is 24.2. The van der Waals surface area contributed by atoms with E-state index in [-0.39, 0.29) is 17.4 Å². The normalized spacial score (nSPS) is 44.3. The molecule has 1 aromatic carbocycles. The molecule has 3 fully saturated rings. The summed E-state index contributed by atoms with van der Waals surface area (Å²) in [5, 5.41) is 24.5. The molecule has 2 spiro atoms. The van der Waals surface area contributed by atoms with Crippen LogP contribution in [0.15, 0.2) is 48.2 Å². The number of halogens is 2. The quantitative estimate of drug-likeness (QED) is 0.423. The molecule has 0 radical (unpaired) electrons. The Balaban J connectivity index is 1.30. The van der Waals surface area contributed by atoms with E-state index in [9.17, 15) is 10.2 Å². The highest BCUT2D eigenvalue weighted by Crippen LogP contribution is 2.71. The van der Waals surface area contributed by atoms with Gasteiger partial charge in [-0.1, -0.05) is 36.7 Å². The maximum Gasteiger partial charge on any atom is 0.158 e. The average Bonchev–Trinajstić information content (AvgIpc) is 3.40. The van der Waals surface area contributed by atoms with Gasteiger partial charge in [-0.25, -0.2) is 9.37 Å². The molecule has 2 bridgehead atoms. The Morgan fingerprint density at radius 2 is 1.95 bits per heavy atom. The number of hydrogen-bond donors (Lipinski definition) is 2. The number of benzene rings is 1. The summed E-state index contributed by atoms with van der Waals surface area (Å²) >= 11 is 6.44. The minimum Gasteiger partial charge on any atom is -0.388 e. The molecule has 1 saturated heterocycles. The second kappa shape index (κ2) is 7.64. The fourth-order valence-corrected chi connectivity index (χ4v) is 8.95. The lowest BCUT2D eigenvalue weighted by atomic mass is 9.53. The number of pyridine rings is 1. The van der Waals surface area contributed by atoms with Crippen molar-refractivity contribution in [1.29, 1.82) is 0 Å². The molecule has 0 amide bonds. The van der Waals surface area contributed by atoms with Crippen LogP contribution in [0.25, 0.3) is 16.3 Å². The molecule has 7 rings (SSSR count). The van der Waals surface area contributed by atoms with Crippen LogP contribution in [-0.4, -0.2) is 69.3 Å². The van der Waals surface area contributed by atoms with Crippen molar-refractivity contribution in [3.63, 3.8) is 0 Å². The van der Waals surface area contributed by atoms with Crippen molar-refractivity contribution >= 4 is 27.9 Å². The Kier molecular flexibility index (Phi) is 5.00. The third kappa shape index (κ3) is 2.97. The molecule has 8 atom stereocenters. The van der Waals surface area contributed by atoms with Gasteiger partial charge in [0.25, 0.3) is 0 Å². The van der Waals surface area contributed by atoms with E-state index in [0.717, 1.165) is 22.8 Å². The van der Waals surface area contributed by atoms with Crippen LogP contribution in [0.4, 0.5) is 4.39 Å². The molecule has 3 aliphatic carbocycles. The van der Waals surface area contributed by atoms with Crippen LogP contribution in [0.1, 0.15) is 51.0 Å². The molecule has 2 saturated carbocycles. The third-order valence-electron chi connectivity index (χ3n) is 10.7. The third-order valence-corrected chi connectivity index (χ3v) is 11.0. The number of fused-ring (bicyclic) bond motifs is 2. The van der Waals surface area contributed by atoms with E-state index in [2.05, 4.69) is 36.2 Å². The highest BCUT2D eigenvalue weighted by atomic mass is 35.5. The van der Waals surface area contributed by atoms with Gasteiger partial charge in [-0.2, -0.15) is 0 Å². The Morgan fingerprint density at radius 3 is 2.73 bits per heavy atom. The van der Waals surface area contributed by atoms with Gasteiger partial charge in [0.2, 0.25) is 0 Å². The molecular weight excluding hydrogens is 491 g/mol. The summed E-state index contributed by atoms with van der Waals surface area (Å²) in [6.45, 7) is 2.27. The van der Waals surface area contributed by atoms with Crippen LogP contribution < -0.4 is 0 Å². The number of allylic oxidation sites excluding steroid dienone is 2.